The van der Waals surface area contributed by atoms with Gasteiger partial charge in [-0.15, -0.1) is 10.2 Å². The first-order chi connectivity index (χ1) is 14.2. The third-order valence-electron chi connectivity index (χ3n) is 5.79. The summed E-state index contributed by atoms with van der Waals surface area (Å²) < 4.78 is 55.4. The van der Waals surface area contributed by atoms with Gasteiger partial charge in [-0.25, -0.2) is 21.1 Å². The zero-order chi connectivity index (χ0) is 21.5. The molecule has 4 rings (SSSR count). The lowest BCUT2D eigenvalue weighted by atomic mass is 9.97. The second kappa shape index (κ2) is 7.98. The van der Waals surface area contributed by atoms with Crippen molar-refractivity contribution in [2.45, 2.75) is 55.8 Å². The number of rotatable bonds is 5. The van der Waals surface area contributed by atoms with Crippen molar-refractivity contribution in [3.8, 4) is 0 Å². The number of fused-ring (bicyclic) bond motifs is 1. The highest BCUT2D eigenvalue weighted by molar-refractivity contribution is 7.89. The lowest BCUT2D eigenvalue weighted by molar-refractivity contribution is 0.294. The van der Waals surface area contributed by atoms with Crippen LogP contribution in [0.1, 0.15) is 44.3 Å². The predicted molar refractivity (Wildman–Crippen MR) is 109 cm³/mol. The van der Waals surface area contributed by atoms with Gasteiger partial charge in [0.2, 0.25) is 20.0 Å². The molecule has 0 unspecified atom stereocenters. The van der Waals surface area contributed by atoms with Gasteiger partial charge in [0.25, 0.3) is 0 Å². The van der Waals surface area contributed by atoms with Gasteiger partial charge < -0.3 is 4.57 Å². The molecule has 1 fully saturated rings. The Hall–Kier alpha value is -1.89. The Morgan fingerprint density at radius 2 is 1.73 bits per heavy atom. The average Bonchev–Trinajstić information content (AvgIpc) is 3.17. The van der Waals surface area contributed by atoms with Crippen LogP contribution in [0, 0.1) is 0 Å². The predicted octanol–water partition coefficient (Wildman–Crippen LogP) is 0.795. The molecule has 0 aromatic carbocycles. The van der Waals surface area contributed by atoms with Gasteiger partial charge in [0, 0.05) is 44.5 Å². The maximum atomic E-state index is 12.9. The Morgan fingerprint density at radius 1 is 1.00 bits per heavy atom. The molecule has 0 amide bonds. The lowest BCUT2D eigenvalue weighted by Crippen LogP contribution is -2.42. The molecule has 0 atom stereocenters. The van der Waals surface area contributed by atoms with Gasteiger partial charge in [0.15, 0.2) is 0 Å². The summed E-state index contributed by atoms with van der Waals surface area (Å²) >= 11 is 0. The maximum absolute atomic E-state index is 12.9. The van der Waals surface area contributed by atoms with E-state index in [4.69, 9.17) is 0 Å². The average molecular weight is 455 g/mol. The Morgan fingerprint density at radius 3 is 2.37 bits per heavy atom. The highest BCUT2D eigenvalue weighted by Gasteiger charge is 2.35. The minimum atomic E-state index is -3.64. The molecule has 0 saturated carbocycles. The number of nitrogens with zero attached hydrogens (tertiary/aromatic N) is 6. The van der Waals surface area contributed by atoms with Gasteiger partial charge in [0.05, 0.1) is 11.8 Å². The van der Waals surface area contributed by atoms with Gasteiger partial charge in [0.1, 0.15) is 16.5 Å². The van der Waals surface area contributed by atoms with Gasteiger partial charge >= 0.3 is 0 Å². The Bertz CT molecular complexity index is 1110. The molecule has 12 heteroatoms. The molecule has 30 heavy (non-hydrogen) atoms. The van der Waals surface area contributed by atoms with E-state index < -0.39 is 25.3 Å². The molecule has 2 aromatic rings. The normalized spacial score (nSPS) is 19.8. The fourth-order valence-electron chi connectivity index (χ4n) is 3.98. The van der Waals surface area contributed by atoms with Crippen molar-refractivity contribution in [2.24, 2.45) is 0 Å². The first kappa shape index (κ1) is 21.3. The van der Waals surface area contributed by atoms with Crippen LogP contribution in [0.15, 0.2) is 29.4 Å². The quantitative estimate of drug-likeness (QED) is 0.655. The summed E-state index contributed by atoms with van der Waals surface area (Å²) in [5, 5.41) is 8.16. The van der Waals surface area contributed by atoms with Crippen LogP contribution >= 0.6 is 0 Å². The van der Waals surface area contributed by atoms with Crippen molar-refractivity contribution in [1.82, 2.24) is 28.4 Å². The van der Waals surface area contributed by atoms with E-state index in [-0.39, 0.29) is 17.4 Å². The molecule has 2 aromatic heterocycles. The van der Waals surface area contributed by atoms with Gasteiger partial charge in [-0.2, -0.15) is 4.31 Å². The molecule has 0 aliphatic carbocycles. The van der Waals surface area contributed by atoms with Gasteiger partial charge in [-0.05, 0) is 38.8 Å². The van der Waals surface area contributed by atoms with Crippen molar-refractivity contribution in [2.75, 3.05) is 19.6 Å². The van der Waals surface area contributed by atoms with Crippen molar-refractivity contribution >= 4 is 20.0 Å². The lowest BCUT2D eigenvalue weighted by Gasteiger charge is -2.33. The number of piperidine rings is 1. The number of hydrogen-bond donors (Lipinski definition) is 0. The molecular formula is C18H26N6O4S2. The topological polar surface area (TPSA) is 118 Å². The monoisotopic (exact) mass is 454 g/mol. The zero-order valence-electron chi connectivity index (χ0n) is 17.0. The molecule has 2 aliphatic rings. The summed E-state index contributed by atoms with van der Waals surface area (Å²) in [6.45, 7) is 5.29. The molecule has 4 heterocycles. The first-order valence-electron chi connectivity index (χ1n) is 10.0. The van der Waals surface area contributed by atoms with E-state index in [1.165, 1.54) is 22.8 Å². The van der Waals surface area contributed by atoms with E-state index in [1.54, 1.807) is 24.2 Å². The van der Waals surface area contributed by atoms with Crippen LogP contribution in [0.2, 0.25) is 0 Å². The van der Waals surface area contributed by atoms with Gasteiger partial charge in [-0.1, -0.05) is 0 Å². The van der Waals surface area contributed by atoms with Crippen LogP contribution < -0.4 is 0 Å². The minimum absolute atomic E-state index is 0.117. The fourth-order valence-corrected chi connectivity index (χ4v) is 6.65. The Labute approximate surface area is 177 Å². The van der Waals surface area contributed by atoms with E-state index in [0.717, 1.165) is 5.82 Å². The van der Waals surface area contributed by atoms with Crippen LogP contribution in [-0.4, -0.2) is 70.1 Å². The smallest absolute Gasteiger partial charge is 0.245 e. The Balaban J connectivity index is 1.48. The highest BCUT2D eigenvalue weighted by Crippen LogP contribution is 2.31. The third kappa shape index (κ3) is 3.77. The van der Waals surface area contributed by atoms with Crippen LogP contribution in [0.25, 0.3) is 0 Å². The number of sulfonamides is 2. The summed E-state index contributed by atoms with van der Waals surface area (Å²) in [5.41, 5.74) is 0. The highest BCUT2D eigenvalue weighted by atomic mass is 32.2. The van der Waals surface area contributed by atoms with Crippen LogP contribution in [0.5, 0.6) is 0 Å². The molecule has 1 saturated heterocycles. The summed E-state index contributed by atoms with van der Waals surface area (Å²) in [6.07, 6.45) is 4.25. The van der Waals surface area contributed by atoms with Crippen molar-refractivity contribution in [3.63, 3.8) is 0 Å². The second-order valence-electron chi connectivity index (χ2n) is 7.92. The van der Waals surface area contributed by atoms with E-state index >= 15 is 0 Å². The summed E-state index contributed by atoms with van der Waals surface area (Å²) in [4.78, 5) is 4.07. The second-order valence-corrected chi connectivity index (χ2v) is 12.3. The van der Waals surface area contributed by atoms with E-state index in [1.807, 2.05) is 4.57 Å². The molecule has 2 aliphatic heterocycles. The van der Waals surface area contributed by atoms with E-state index in [9.17, 15) is 16.8 Å². The van der Waals surface area contributed by atoms with Crippen molar-refractivity contribution in [3.05, 3.63) is 36.2 Å². The fraction of sp³-hybridized carbons (Fsp3) is 0.611. The molecule has 0 bridgehead atoms. The van der Waals surface area contributed by atoms with Crippen LogP contribution in [0.3, 0.4) is 0 Å². The third-order valence-corrected chi connectivity index (χ3v) is 9.90. The molecule has 10 nitrogen and oxygen atoms in total. The molecular weight excluding hydrogens is 428 g/mol. The van der Waals surface area contributed by atoms with E-state index in [0.29, 0.717) is 44.8 Å². The zero-order valence-corrected chi connectivity index (χ0v) is 18.7. The molecule has 164 valence electrons. The number of pyridine rings is 1. The first-order valence-corrected chi connectivity index (χ1v) is 13.0. The largest absolute Gasteiger partial charge is 0.312 e. The SMILES string of the molecule is CC(C)S(=O)(=O)N1CCC(c2nnc3n2CCN(S(=O)(=O)c2cccnc2)C3)CC1. The summed E-state index contributed by atoms with van der Waals surface area (Å²) in [5.74, 6) is 1.55. The van der Waals surface area contributed by atoms with Gasteiger partial charge in [-0.3, -0.25) is 4.98 Å². The molecule has 0 spiro atoms. The Kier molecular flexibility index (Phi) is 5.68. The maximum Gasteiger partial charge on any atom is 0.245 e. The minimum Gasteiger partial charge on any atom is -0.312 e. The number of hydrogen-bond acceptors (Lipinski definition) is 7. The van der Waals surface area contributed by atoms with Crippen molar-refractivity contribution in [1.29, 1.82) is 0 Å². The summed E-state index contributed by atoms with van der Waals surface area (Å²) in [7, 11) is -6.88. The van der Waals surface area contributed by atoms with Crippen molar-refractivity contribution < 1.29 is 16.8 Å². The van der Waals surface area contributed by atoms with Crippen LogP contribution in [0.4, 0.5) is 0 Å². The number of aromatic nitrogens is 4. The molecule has 0 radical (unpaired) electrons. The summed E-state index contributed by atoms with van der Waals surface area (Å²) in [6, 6.07) is 3.13. The molecule has 0 N–H and O–H groups in total. The van der Waals surface area contributed by atoms with E-state index in [2.05, 4.69) is 15.2 Å². The van der Waals surface area contributed by atoms with Crippen LogP contribution in [-0.2, 0) is 33.1 Å². The standard InChI is InChI=1S/C18H26N6O4S2/c1-14(2)29(25,26)22-8-5-15(6-9-22)18-21-20-17-13-23(10-11-24(17)18)30(27,28)16-4-3-7-19-12-16/h3-4,7,12,14-15H,5-6,8-11,13H2,1-2H3.